The smallest absolute Gasteiger partial charge is 0.324 e. The zero-order valence-electron chi connectivity index (χ0n) is 19.3. The Morgan fingerprint density at radius 2 is 1.74 bits per heavy atom. The molecule has 2 amide bonds. The van der Waals surface area contributed by atoms with Gasteiger partial charge in [-0.15, -0.1) is 0 Å². The number of sulfonamides is 1. The van der Waals surface area contributed by atoms with Crippen LogP contribution in [0.2, 0.25) is 0 Å². The van der Waals surface area contributed by atoms with E-state index in [0.717, 1.165) is 18.4 Å². The molecule has 1 aliphatic carbocycles. The minimum absolute atomic E-state index is 0.0277. The van der Waals surface area contributed by atoms with Crippen molar-refractivity contribution < 1.29 is 27.5 Å². The number of ether oxygens (including phenoxy) is 1. The predicted octanol–water partition coefficient (Wildman–Crippen LogP) is 2.37. The summed E-state index contributed by atoms with van der Waals surface area (Å²) in [5.41, 5.74) is 1.69. The monoisotopic (exact) mass is 487 g/mol. The molecule has 0 unspecified atom stereocenters. The standard InChI is InChI=1S/C24H29N3O6S/c1-15(2)22(27-34(31,32)20-11-7-16(3)8-12-20)24(30)33-14-21(28)25-19-6-4-5-17(13-19)23(29)26-18-9-10-18/h4-8,11-13,15,18,22,27H,9-10,14H2,1-3H3,(H,25,28)(H,26,29)/t22-/m1/s1. The molecule has 10 heteroatoms. The molecule has 9 nitrogen and oxygen atoms in total. The van der Waals surface area contributed by atoms with Crippen LogP contribution < -0.4 is 15.4 Å². The molecule has 0 radical (unpaired) electrons. The molecule has 1 aliphatic rings. The van der Waals surface area contributed by atoms with Crippen LogP contribution in [0.4, 0.5) is 5.69 Å². The average Bonchev–Trinajstić information content (AvgIpc) is 3.60. The van der Waals surface area contributed by atoms with Crippen molar-refractivity contribution in [2.24, 2.45) is 5.92 Å². The lowest BCUT2D eigenvalue weighted by Crippen LogP contribution is -2.45. The Morgan fingerprint density at radius 1 is 1.06 bits per heavy atom. The lowest BCUT2D eigenvalue weighted by molar-refractivity contribution is -0.150. The zero-order valence-corrected chi connectivity index (χ0v) is 20.1. The van der Waals surface area contributed by atoms with Crippen LogP contribution in [-0.2, 0) is 24.3 Å². The fourth-order valence-corrected chi connectivity index (χ4v) is 4.40. The maximum absolute atomic E-state index is 12.7. The first kappa shape index (κ1) is 25.4. The van der Waals surface area contributed by atoms with Crippen molar-refractivity contribution in [1.29, 1.82) is 0 Å². The summed E-state index contributed by atoms with van der Waals surface area (Å²) in [6.07, 6.45) is 1.93. The van der Waals surface area contributed by atoms with E-state index in [0.29, 0.717) is 11.3 Å². The number of hydrogen-bond donors (Lipinski definition) is 3. The number of nitrogens with one attached hydrogen (secondary N) is 3. The number of carbonyl (C=O) groups is 3. The minimum Gasteiger partial charge on any atom is -0.454 e. The van der Waals surface area contributed by atoms with Crippen LogP contribution in [0.5, 0.6) is 0 Å². The van der Waals surface area contributed by atoms with E-state index < -0.39 is 40.5 Å². The van der Waals surface area contributed by atoms with Gasteiger partial charge in [0, 0.05) is 17.3 Å². The van der Waals surface area contributed by atoms with E-state index in [1.165, 1.54) is 18.2 Å². The van der Waals surface area contributed by atoms with Crippen LogP contribution in [0.1, 0.15) is 42.6 Å². The predicted molar refractivity (Wildman–Crippen MR) is 127 cm³/mol. The second kappa shape index (κ2) is 10.8. The fraction of sp³-hybridized carbons (Fsp3) is 0.375. The van der Waals surface area contributed by atoms with Gasteiger partial charge in [0.1, 0.15) is 6.04 Å². The van der Waals surface area contributed by atoms with Gasteiger partial charge in [-0.05, 0) is 56.0 Å². The molecule has 1 saturated carbocycles. The molecule has 34 heavy (non-hydrogen) atoms. The molecular formula is C24H29N3O6S. The topological polar surface area (TPSA) is 131 Å². The van der Waals surface area contributed by atoms with Crippen LogP contribution in [0, 0.1) is 12.8 Å². The third-order valence-corrected chi connectivity index (χ3v) is 6.66. The molecule has 0 heterocycles. The SMILES string of the molecule is Cc1ccc(S(=O)(=O)N[C@@H](C(=O)OCC(=O)Nc2cccc(C(=O)NC3CC3)c2)C(C)C)cc1. The van der Waals surface area contributed by atoms with Gasteiger partial charge >= 0.3 is 5.97 Å². The Labute approximate surface area is 199 Å². The summed E-state index contributed by atoms with van der Waals surface area (Å²) in [5.74, 6) is -2.11. The van der Waals surface area contributed by atoms with Gasteiger partial charge < -0.3 is 15.4 Å². The van der Waals surface area contributed by atoms with E-state index in [2.05, 4.69) is 15.4 Å². The highest BCUT2D eigenvalue weighted by atomic mass is 32.2. The Bertz CT molecular complexity index is 1160. The fourth-order valence-electron chi connectivity index (χ4n) is 3.07. The number of amides is 2. The molecule has 0 aromatic heterocycles. The van der Waals surface area contributed by atoms with Crippen molar-refractivity contribution in [2.45, 2.75) is 50.6 Å². The molecule has 0 aliphatic heterocycles. The zero-order chi connectivity index (χ0) is 24.9. The molecule has 3 rings (SSSR count). The van der Waals surface area contributed by atoms with Gasteiger partial charge in [-0.25, -0.2) is 8.42 Å². The van der Waals surface area contributed by atoms with E-state index in [1.807, 2.05) is 6.92 Å². The van der Waals surface area contributed by atoms with Crippen LogP contribution in [0.3, 0.4) is 0 Å². The number of carbonyl (C=O) groups excluding carboxylic acids is 3. The van der Waals surface area contributed by atoms with E-state index in [1.54, 1.807) is 44.2 Å². The first-order valence-electron chi connectivity index (χ1n) is 11.0. The third kappa shape index (κ3) is 7.13. The van der Waals surface area contributed by atoms with Crippen molar-refractivity contribution >= 4 is 33.5 Å². The lowest BCUT2D eigenvalue weighted by atomic mass is 10.1. The summed E-state index contributed by atoms with van der Waals surface area (Å²) in [5, 5.41) is 5.44. The van der Waals surface area contributed by atoms with Crippen molar-refractivity contribution in [3.05, 3.63) is 59.7 Å². The van der Waals surface area contributed by atoms with E-state index in [4.69, 9.17) is 4.74 Å². The third-order valence-electron chi connectivity index (χ3n) is 5.20. The van der Waals surface area contributed by atoms with Gasteiger partial charge in [-0.2, -0.15) is 4.72 Å². The van der Waals surface area contributed by atoms with Crippen LogP contribution in [0.15, 0.2) is 53.4 Å². The van der Waals surface area contributed by atoms with Gasteiger partial charge in [0.25, 0.3) is 11.8 Å². The van der Waals surface area contributed by atoms with Crippen molar-refractivity contribution in [3.8, 4) is 0 Å². The van der Waals surface area contributed by atoms with Crippen LogP contribution in [0.25, 0.3) is 0 Å². The number of rotatable bonds is 10. The van der Waals surface area contributed by atoms with Crippen molar-refractivity contribution in [1.82, 2.24) is 10.0 Å². The number of hydrogen-bond acceptors (Lipinski definition) is 6. The molecule has 2 aromatic rings. The minimum atomic E-state index is -3.96. The lowest BCUT2D eigenvalue weighted by Gasteiger charge is -2.20. The highest BCUT2D eigenvalue weighted by Crippen LogP contribution is 2.20. The molecule has 2 aromatic carbocycles. The average molecular weight is 488 g/mol. The Morgan fingerprint density at radius 3 is 2.35 bits per heavy atom. The van der Waals surface area contributed by atoms with Crippen LogP contribution >= 0.6 is 0 Å². The number of aryl methyl sites for hydroxylation is 1. The largest absolute Gasteiger partial charge is 0.454 e. The molecule has 0 saturated heterocycles. The normalized spacial score (nSPS) is 14.4. The molecule has 0 spiro atoms. The maximum atomic E-state index is 12.7. The Kier molecular flexibility index (Phi) is 8.06. The van der Waals surface area contributed by atoms with Crippen molar-refractivity contribution in [3.63, 3.8) is 0 Å². The number of esters is 1. The summed E-state index contributed by atoms with van der Waals surface area (Å²) in [4.78, 5) is 37.1. The van der Waals surface area contributed by atoms with E-state index in [9.17, 15) is 22.8 Å². The van der Waals surface area contributed by atoms with Gasteiger partial charge in [0.2, 0.25) is 10.0 Å². The number of benzene rings is 2. The molecule has 3 N–H and O–H groups in total. The number of anilines is 1. The van der Waals surface area contributed by atoms with Gasteiger partial charge in [0.05, 0.1) is 4.90 Å². The van der Waals surface area contributed by atoms with E-state index in [-0.39, 0.29) is 16.8 Å². The summed E-state index contributed by atoms with van der Waals surface area (Å²) < 4.78 is 32.8. The van der Waals surface area contributed by atoms with E-state index >= 15 is 0 Å². The molecule has 182 valence electrons. The first-order chi connectivity index (χ1) is 16.0. The Balaban J connectivity index is 1.56. The maximum Gasteiger partial charge on any atom is 0.324 e. The Hall–Kier alpha value is -3.24. The van der Waals surface area contributed by atoms with Crippen molar-refractivity contribution in [2.75, 3.05) is 11.9 Å². The highest BCUT2D eigenvalue weighted by Gasteiger charge is 2.30. The van der Waals surface area contributed by atoms with Crippen LogP contribution in [-0.4, -0.2) is 44.9 Å². The summed E-state index contributed by atoms with van der Waals surface area (Å²) in [6, 6.07) is 11.7. The summed E-state index contributed by atoms with van der Waals surface area (Å²) in [6.45, 7) is 4.57. The summed E-state index contributed by atoms with van der Waals surface area (Å²) >= 11 is 0. The van der Waals surface area contributed by atoms with Gasteiger partial charge in [-0.3, -0.25) is 14.4 Å². The first-order valence-corrected chi connectivity index (χ1v) is 12.5. The molecular weight excluding hydrogens is 458 g/mol. The second-order valence-corrected chi connectivity index (χ2v) is 10.4. The molecule has 1 atom stereocenters. The molecule has 0 bridgehead atoms. The van der Waals surface area contributed by atoms with Gasteiger partial charge in [0.15, 0.2) is 6.61 Å². The molecule has 1 fully saturated rings. The quantitative estimate of drug-likeness (QED) is 0.441. The second-order valence-electron chi connectivity index (χ2n) is 8.64. The summed E-state index contributed by atoms with van der Waals surface area (Å²) in [7, 11) is -3.96. The highest BCUT2D eigenvalue weighted by molar-refractivity contribution is 7.89. The van der Waals surface area contributed by atoms with Gasteiger partial charge in [-0.1, -0.05) is 37.6 Å².